The number of hydrogen-bond acceptors (Lipinski definition) is 1. The summed E-state index contributed by atoms with van der Waals surface area (Å²) in [7, 11) is 0. The smallest absolute Gasteiger partial charge is 0.0141 e. The molecule has 0 aliphatic carbocycles. The summed E-state index contributed by atoms with van der Waals surface area (Å²) in [6.07, 6.45) is 3.68. The largest absolute Gasteiger partial charge is 0.220 e. The maximum Gasteiger partial charge on any atom is 0.0141 e. The molecule has 1 aliphatic heterocycles. The minimum atomic E-state index is 0.826. The Morgan fingerprint density at radius 2 is 1.79 bits per heavy atom. The van der Waals surface area contributed by atoms with E-state index >= 15 is 0 Å². The molecule has 0 saturated carbocycles. The molecule has 0 aromatic heterocycles. The van der Waals surface area contributed by atoms with E-state index in [0.29, 0.717) is 0 Å². The number of benzene rings is 1. The first kappa shape index (κ1) is 10.0. The summed E-state index contributed by atoms with van der Waals surface area (Å²) in [5, 5.41) is 0. The maximum absolute atomic E-state index is 5.92. The van der Waals surface area contributed by atoms with Crippen LogP contribution in [0.3, 0.4) is 0 Å². The molecule has 1 aromatic rings. The van der Waals surface area contributed by atoms with Crippen molar-refractivity contribution in [3.05, 3.63) is 35.9 Å². The summed E-state index contributed by atoms with van der Waals surface area (Å²) in [5.74, 6) is 0.826. The molecule has 0 atom stereocenters. The summed E-state index contributed by atoms with van der Waals surface area (Å²) in [4.78, 5) is 0. The number of piperidine rings is 1. The van der Waals surface area contributed by atoms with Gasteiger partial charge in [-0.3, -0.25) is 0 Å². The van der Waals surface area contributed by atoms with E-state index in [9.17, 15) is 0 Å². The molecular formula is C12H16ClN. The topological polar surface area (TPSA) is 3.24 Å². The fourth-order valence-electron chi connectivity index (χ4n) is 2.05. The van der Waals surface area contributed by atoms with Crippen molar-refractivity contribution in [1.29, 1.82) is 0 Å². The van der Waals surface area contributed by atoms with E-state index in [-0.39, 0.29) is 0 Å². The van der Waals surface area contributed by atoms with E-state index in [1.165, 1.54) is 24.8 Å². The highest BCUT2D eigenvalue weighted by Crippen LogP contribution is 2.22. The standard InChI is InChI=1S/C12H16ClN/c13-14-8-6-12(7-9-14)10-11-4-2-1-3-5-11/h1-5,12H,6-10H2. The SMILES string of the molecule is ClN1CCC(Cc2ccccc2)CC1. The predicted octanol–water partition coefficient (Wildman–Crippen LogP) is 3.09. The van der Waals surface area contributed by atoms with Crippen molar-refractivity contribution >= 4 is 11.8 Å². The summed E-state index contributed by atoms with van der Waals surface area (Å²) >= 11 is 5.92. The Balaban J connectivity index is 1.87. The van der Waals surface area contributed by atoms with Crippen LogP contribution in [-0.4, -0.2) is 17.5 Å². The van der Waals surface area contributed by atoms with Gasteiger partial charge in [0.25, 0.3) is 0 Å². The third-order valence-electron chi connectivity index (χ3n) is 2.93. The Morgan fingerprint density at radius 1 is 1.14 bits per heavy atom. The van der Waals surface area contributed by atoms with Gasteiger partial charge in [0.1, 0.15) is 0 Å². The fourth-order valence-corrected chi connectivity index (χ4v) is 2.25. The Labute approximate surface area is 90.8 Å². The van der Waals surface area contributed by atoms with E-state index < -0.39 is 0 Å². The minimum Gasteiger partial charge on any atom is -0.220 e. The van der Waals surface area contributed by atoms with Crippen molar-refractivity contribution < 1.29 is 0 Å². The van der Waals surface area contributed by atoms with Crippen LogP contribution in [0.2, 0.25) is 0 Å². The molecule has 1 nitrogen and oxygen atoms in total. The van der Waals surface area contributed by atoms with Gasteiger partial charge in [-0.05, 0) is 42.5 Å². The third kappa shape index (κ3) is 2.73. The Morgan fingerprint density at radius 3 is 2.43 bits per heavy atom. The zero-order valence-electron chi connectivity index (χ0n) is 8.32. The van der Waals surface area contributed by atoms with E-state index in [4.69, 9.17) is 11.8 Å². The van der Waals surface area contributed by atoms with Gasteiger partial charge in [0.05, 0.1) is 0 Å². The molecule has 0 N–H and O–H groups in total. The fraction of sp³-hybridized carbons (Fsp3) is 0.500. The molecule has 2 heteroatoms. The zero-order chi connectivity index (χ0) is 9.80. The molecule has 1 heterocycles. The first-order valence-electron chi connectivity index (χ1n) is 5.29. The van der Waals surface area contributed by atoms with Gasteiger partial charge < -0.3 is 0 Å². The van der Waals surface area contributed by atoms with Gasteiger partial charge in [-0.2, -0.15) is 0 Å². The molecule has 1 fully saturated rings. The van der Waals surface area contributed by atoms with Crippen molar-refractivity contribution in [2.45, 2.75) is 19.3 Å². The molecule has 1 aliphatic rings. The molecule has 14 heavy (non-hydrogen) atoms. The van der Waals surface area contributed by atoms with Crippen LogP contribution >= 0.6 is 11.8 Å². The number of hydrogen-bond donors (Lipinski definition) is 0. The third-order valence-corrected chi connectivity index (χ3v) is 3.27. The average molecular weight is 210 g/mol. The average Bonchev–Trinajstić information content (AvgIpc) is 2.23. The van der Waals surface area contributed by atoms with Gasteiger partial charge in [0, 0.05) is 13.1 Å². The molecular weight excluding hydrogens is 194 g/mol. The summed E-state index contributed by atoms with van der Waals surface area (Å²) in [6, 6.07) is 10.7. The van der Waals surface area contributed by atoms with Crippen molar-refractivity contribution in [2.75, 3.05) is 13.1 Å². The van der Waals surface area contributed by atoms with Crippen LogP contribution in [0.4, 0.5) is 0 Å². The van der Waals surface area contributed by atoms with Crippen LogP contribution < -0.4 is 0 Å². The lowest BCUT2D eigenvalue weighted by atomic mass is 9.91. The summed E-state index contributed by atoms with van der Waals surface area (Å²) in [5.41, 5.74) is 1.46. The van der Waals surface area contributed by atoms with E-state index in [2.05, 4.69) is 30.3 Å². The second-order valence-electron chi connectivity index (χ2n) is 4.04. The van der Waals surface area contributed by atoms with Crippen LogP contribution in [-0.2, 0) is 6.42 Å². The molecule has 2 rings (SSSR count). The molecule has 76 valence electrons. The van der Waals surface area contributed by atoms with Gasteiger partial charge in [-0.15, -0.1) is 0 Å². The first-order chi connectivity index (χ1) is 6.84. The van der Waals surface area contributed by atoms with Crippen molar-refractivity contribution in [2.24, 2.45) is 5.92 Å². The van der Waals surface area contributed by atoms with Gasteiger partial charge in [-0.1, -0.05) is 30.3 Å². The second-order valence-corrected chi connectivity index (χ2v) is 4.52. The highest BCUT2D eigenvalue weighted by atomic mass is 35.5. The Kier molecular flexibility index (Phi) is 3.44. The number of rotatable bonds is 2. The first-order valence-corrected chi connectivity index (χ1v) is 5.63. The van der Waals surface area contributed by atoms with Gasteiger partial charge in [0.15, 0.2) is 0 Å². The normalized spacial score (nSPS) is 19.8. The van der Waals surface area contributed by atoms with E-state index in [1.54, 1.807) is 0 Å². The minimum absolute atomic E-state index is 0.826. The summed E-state index contributed by atoms with van der Waals surface area (Å²) in [6.45, 7) is 2.08. The lowest BCUT2D eigenvalue weighted by Crippen LogP contribution is -2.27. The molecule has 0 spiro atoms. The number of halogens is 1. The van der Waals surface area contributed by atoms with E-state index in [1.807, 2.05) is 4.42 Å². The van der Waals surface area contributed by atoms with Crippen molar-refractivity contribution in [3.63, 3.8) is 0 Å². The lowest BCUT2D eigenvalue weighted by molar-refractivity contribution is 0.282. The van der Waals surface area contributed by atoms with Crippen LogP contribution in [0.15, 0.2) is 30.3 Å². The molecule has 0 unspecified atom stereocenters. The predicted molar refractivity (Wildman–Crippen MR) is 60.3 cm³/mol. The van der Waals surface area contributed by atoms with Crippen LogP contribution in [0.1, 0.15) is 18.4 Å². The van der Waals surface area contributed by atoms with Gasteiger partial charge in [0.2, 0.25) is 0 Å². The molecule has 1 saturated heterocycles. The molecule has 0 amide bonds. The quantitative estimate of drug-likeness (QED) is 0.677. The Bertz CT molecular complexity index is 265. The van der Waals surface area contributed by atoms with E-state index in [0.717, 1.165) is 19.0 Å². The van der Waals surface area contributed by atoms with Crippen molar-refractivity contribution in [3.8, 4) is 0 Å². The highest BCUT2D eigenvalue weighted by Gasteiger charge is 2.17. The van der Waals surface area contributed by atoms with Crippen molar-refractivity contribution in [1.82, 2.24) is 4.42 Å². The molecule has 0 bridgehead atoms. The van der Waals surface area contributed by atoms with Crippen LogP contribution in [0, 0.1) is 5.92 Å². The van der Waals surface area contributed by atoms with Gasteiger partial charge in [-0.25, -0.2) is 4.42 Å². The molecule has 0 radical (unpaired) electrons. The maximum atomic E-state index is 5.92. The summed E-state index contributed by atoms with van der Waals surface area (Å²) < 4.78 is 1.90. The second kappa shape index (κ2) is 4.81. The lowest BCUT2D eigenvalue weighted by Gasteiger charge is -2.26. The Hall–Kier alpha value is -0.530. The van der Waals surface area contributed by atoms with Gasteiger partial charge >= 0.3 is 0 Å². The van der Waals surface area contributed by atoms with Crippen LogP contribution in [0.5, 0.6) is 0 Å². The zero-order valence-corrected chi connectivity index (χ0v) is 9.08. The van der Waals surface area contributed by atoms with Crippen LogP contribution in [0.25, 0.3) is 0 Å². The highest BCUT2D eigenvalue weighted by molar-refractivity contribution is 6.13. The number of nitrogens with zero attached hydrogens (tertiary/aromatic N) is 1. The molecule has 1 aromatic carbocycles. The monoisotopic (exact) mass is 209 g/mol.